The van der Waals surface area contributed by atoms with Gasteiger partial charge in [0.25, 0.3) is 5.91 Å². The predicted octanol–water partition coefficient (Wildman–Crippen LogP) is 2.77. The highest BCUT2D eigenvalue weighted by Gasteiger charge is 2.45. The van der Waals surface area contributed by atoms with Crippen molar-refractivity contribution in [2.24, 2.45) is 0 Å². The Labute approximate surface area is 177 Å². The first-order valence-corrected chi connectivity index (χ1v) is 10.2. The summed E-state index contributed by atoms with van der Waals surface area (Å²) in [5, 5.41) is 0. The SMILES string of the molecule is CC(=O)N1CCC(C(=O)OCC(=O)N(C)Cc2ccccc2)(c2ccccc2)CC1. The van der Waals surface area contributed by atoms with Crippen LogP contribution in [0.25, 0.3) is 0 Å². The molecule has 158 valence electrons. The summed E-state index contributed by atoms with van der Waals surface area (Å²) in [6.45, 7) is 2.67. The van der Waals surface area contributed by atoms with E-state index in [1.165, 1.54) is 6.92 Å². The molecule has 0 saturated carbocycles. The molecule has 0 aliphatic carbocycles. The zero-order valence-electron chi connectivity index (χ0n) is 17.5. The van der Waals surface area contributed by atoms with Gasteiger partial charge in [0.05, 0.1) is 5.41 Å². The van der Waals surface area contributed by atoms with E-state index in [1.807, 2.05) is 60.7 Å². The number of likely N-dealkylation sites (tertiary alicyclic amines) is 1. The smallest absolute Gasteiger partial charge is 0.317 e. The maximum absolute atomic E-state index is 13.2. The lowest BCUT2D eigenvalue weighted by Gasteiger charge is -2.40. The third kappa shape index (κ3) is 4.87. The van der Waals surface area contributed by atoms with E-state index in [9.17, 15) is 14.4 Å². The molecule has 1 aliphatic rings. The van der Waals surface area contributed by atoms with Crippen molar-refractivity contribution in [3.05, 3.63) is 71.8 Å². The normalized spacial score (nSPS) is 15.3. The summed E-state index contributed by atoms with van der Waals surface area (Å²) in [6, 6.07) is 19.2. The van der Waals surface area contributed by atoms with E-state index in [2.05, 4.69) is 0 Å². The van der Waals surface area contributed by atoms with E-state index >= 15 is 0 Å². The fourth-order valence-corrected chi connectivity index (χ4v) is 3.89. The van der Waals surface area contributed by atoms with Crippen molar-refractivity contribution in [1.82, 2.24) is 9.80 Å². The third-order valence-corrected chi connectivity index (χ3v) is 5.79. The minimum Gasteiger partial charge on any atom is -0.455 e. The van der Waals surface area contributed by atoms with Gasteiger partial charge >= 0.3 is 5.97 Å². The Hall–Kier alpha value is -3.15. The van der Waals surface area contributed by atoms with E-state index in [1.54, 1.807) is 16.8 Å². The van der Waals surface area contributed by atoms with Gasteiger partial charge in [-0.2, -0.15) is 0 Å². The van der Waals surface area contributed by atoms with Crippen molar-refractivity contribution in [3.63, 3.8) is 0 Å². The molecule has 3 rings (SSSR count). The lowest BCUT2D eigenvalue weighted by molar-refractivity contribution is -0.159. The van der Waals surface area contributed by atoms with Crippen LogP contribution in [0.3, 0.4) is 0 Å². The molecule has 30 heavy (non-hydrogen) atoms. The Morgan fingerprint density at radius 2 is 1.53 bits per heavy atom. The second-order valence-corrected chi connectivity index (χ2v) is 7.77. The number of ether oxygens (including phenoxy) is 1. The number of piperidine rings is 1. The fourth-order valence-electron chi connectivity index (χ4n) is 3.89. The molecule has 0 spiro atoms. The third-order valence-electron chi connectivity index (χ3n) is 5.79. The van der Waals surface area contributed by atoms with Gasteiger partial charge in [-0.05, 0) is 24.0 Å². The maximum Gasteiger partial charge on any atom is 0.317 e. The molecule has 0 atom stereocenters. The average Bonchev–Trinajstić information content (AvgIpc) is 2.78. The van der Waals surface area contributed by atoms with Crippen molar-refractivity contribution in [2.45, 2.75) is 31.7 Å². The van der Waals surface area contributed by atoms with Crippen LogP contribution < -0.4 is 0 Å². The molecule has 2 amide bonds. The number of hydrogen-bond donors (Lipinski definition) is 0. The van der Waals surface area contributed by atoms with Gasteiger partial charge in [-0.25, -0.2) is 0 Å². The highest BCUT2D eigenvalue weighted by Crippen LogP contribution is 2.37. The van der Waals surface area contributed by atoms with Crippen LogP contribution in [-0.4, -0.2) is 54.3 Å². The van der Waals surface area contributed by atoms with Crippen LogP contribution in [0, 0.1) is 0 Å². The van der Waals surface area contributed by atoms with Gasteiger partial charge in [0.15, 0.2) is 6.61 Å². The average molecular weight is 408 g/mol. The summed E-state index contributed by atoms with van der Waals surface area (Å²) in [6.07, 6.45) is 0.951. The summed E-state index contributed by atoms with van der Waals surface area (Å²) >= 11 is 0. The number of carbonyl (C=O) groups is 3. The zero-order chi connectivity index (χ0) is 21.6. The summed E-state index contributed by atoms with van der Waals surface area (Å²) in [7, 11) is 1.70. The van der Waals surface area contributed by atoms with Crippen LogP contribution in [0.1, 0.15) is 30.9 Å². The fraction of sp³-hybridized carbons (Fsp3) is 0.375. The quantitative estimate of drug-likeness (QED) is 0.690. The van der Waals surface area contributed by atoms with E-state index in [0.29, 0.717) is 32.5 Å². The molecule has 2 aromatic rings. The van der Waals surface area contributed by atoms with Gasteiger partial charge < -0.3 is 14.5 Å². The highest BCUT2D eigenvalue weighted by atomic mass is 16.5. The molecule has 0 bridgehead atoms. The summed E-state index contributed by atoms with van der Waals surface area (Å²) in [5.74, 6) is -0.655. The number of carbonyl (C=O) groups excluding carboxylic acids is 3. The van der Waals surface area contributed by atoms with Gasteiger partial charge in [-0.1, -0.05) is 60.7 Å². The number of esters is 1. The van der Waals surface area contributed by atoms with E-state index < -0.39 is 11.4 Å². The maximum atomic E-state index is 13.2. The molecule has 2 aromatic carbocycles. The lowest BCUT2D eigenvalue weighted by atomic mass is 9.72. The molecule has 0 aromatic heterocycles. The van der Waals surface area contributed by atoms with Crippen LogP contribution >= 0.6 is 0 Å². The zero-order valence-corrected chi connectivity index (χ0v) is 17.5. The van der Waals surface area contributed by atoms with Gasteiger partial charge in [0, 0.05) is 33.6 Å². The second-order valence-electron chi connectivity index (χ2n) is 7.77. The summed E-state index contributed by atoms with van der Waals surface area (Å²) in [4.78, 5) is 40.7. The number of benzene rings is 2. The van der Waals surface area contributed by atoms with Crippen molar-refractivity contribution < 1.29 is 19.1 Å². The van der Waals surface area contributed by atoms with Crippen LogP contribution in [0.4, 0.5) is 0 Å². The first kappa shape index (κ1) is 21.6. The molecule has 0 radical (unpaired) electrons. The van der Waals surface area contributed by atoms with Gasteiger partial charge in [0.1, 0.15) is 0 Å². The predicted molar refractivity (Wildman–Crippen MR) is 113 cm³/mol. The number of nitrogens with zero attached hydrogens (tertiary/aromatic N) is 2. The first-order valence-electron chi connectivity index (χ1n) is 10.2. The molecule has 1 saturated heterocycles. The van der Waals surface area contributed by atoms with Crippen molar-refractivity contribution in [1.29, 1.82) is 0 Å². The number of rotatable bonds is 6. The summed E-state index contributed by atoms with van der Waals surface area (Å²) in [5.41, 5.74) is 1.03. The minimum absolute atomic E-state index is 0.00254. The Morgan fingerprint density at radius 1 is 0.967 bits per heavy atom. The minimum atomic E-state index is -0.842. The Kier molecular flexibility index (Phi) is 6.87. The lowest BCUT2D eigenvalue weighted by Crippen LogP contribution is -2.49. The van der Waals surface area contributed by atoms with Crippen LogP contribution in [-0.2, 0) is 31.1 Å². The van der Waals surface area contributed by atoms with E-state index in [4.69, 9.17) is 4.74 Å². The van der Waals surface area contributed by atoms with Crippen molar-refractivity contribution in [2.75, 3.05) is 26.7 Å². The summed E-state index contributed by atoms with van der Waals surface area (Å²) < 4.78 is 5.52. The molecule has 6 heteroatoms. The highest BCUT2D eigenvalue weighted by molar-refractivity contribution is 5.87. The Bertz CT molecular complexity index is 875. The molecule has 6 nitrogen and oxygen atoms in total. The van der Waals surface area contributed by atoms with Crippen LogP contribution in [0.15, 0.2) is 60.7 Å². The van der Waals surface area contributed by atoms with Gasteiger partial charge in [-0.15, -0.1) is 0 Å². The van der Waals surface area contributed by atoms with Gasteiger partial charge in [0.2, 0.25) is 5.91 Å². The molecule has 1 fully saturated rings. The van der Waals surface area contributed by atoms with Crippen molar-refractivity contribution >= 4 is 17.8 Å². The largest absolute Gasteiger partial charge is 0.455 e. The number of likely N-dealkylation sites (N-methyl/N-ethyl adjacent to an activating group) is 1. The Morgan fingerprint density at radius 3 is 2.10 bits per heavy atom. The monoisotopic (exact) mass is 408 g/mol. The van der Waals surface area contributed by atoms with E-state index in [0.717, 1.165) is 11.1 Å². The Balaban J connectivity index is 1.67. The standard InChI is InChI=1S/C24H28N2O4/c1-19(27)26-15-13-24(14-16-26,21-11-7-4-8-12-21)23(29)30-18-22(28)25(2)17-20-9-5-3-6-10-20/h3-12H,13-18H2,1-2H3. The van der Waals surface area contributed by atoms with Crippen LogP contribution in [0.5, 0.6) is 0 Å². The molecule has 0 N–H and O–H groups in total. The van der Waals surface area contributed by atoms with Crippen LogP contribution in [0.2, 0.25) is 0 Å². The molecule has 0 unspecified atom stereocenters. The first-order chi connectivity index (χ1) is 14.4. The molecular weight excluding hydrogens is 380 g/mol. The number of hydrogen-bond acceptors (Lipinski definition) is 4. The molecule has 1 heterocycles. The second kappa shape index (κ2) is 9.57. The van der Waals surface area contributed by atoms with Gasteiger partial charge in [-0.3, -0.25) is 14.4 Å². The topological polar surface area (TPSA) is 66.9 Å². The molecule has 1 aliphatic heterocycles. The number of amides is 2. The molecular formula is C24H28N2O4. The van der Waals surface area contributed by atoms with E-state index in [-0.39, 0.29) is 18.4 Å². The van der Waals surface area contributed by atoms with Crippen molar-refractivity contribution in [3.8, 4) is 0 Å².